The van der Waals surface area contributed by atoms with Crippen LogP contribution < -0.4 is 9.47 Å². The third kappa shape index (κ3) is 5.46. The number of carbonyl (C=O) groups is 1. The Kier molecular flexibility index (Phi) is 8.09. The summed E-state index contributed by atoms with van der Waals surface area (Å²) in [5, 5.41) is 22.1. The SMILES string of the molecule is CCCc1c(OCCCSc2ccc(C(C)C(=O)O)cc2Cl)ccc2c1OCC2=NO. The number of carboxylic acids is 1. The maximum atomic E-state index is 11.1. The van der Waals surface area contributed by atoms with Crippen molar-refractivity contribution >= 4 is 35.0 Å². The lowest BCUT2D eigenvalue weighted by atomic mass is 10.0. The van der Waals surface area contributed by atoms with Gasteiger partial charge >= 0.3 is 5.97 Å². The fourth-order valence-electron chi connectivity index (χ4n) is 3.39. The molecule has 6 nitrogen and oxygen atoms in total. The van der Waals surface area contributed by atoms with Crippen molar-refractivity contribution in [3.05, 3.63) is 52.0 Å². The highest BCUT2D eigenvalue weighted by molar-refractivity contribution is 7.99. The van der Waals surface area contributed by atoms with Gasteiger partial charge in [-0.05, 0) is 49.6 Å². The average molecular weight is 464 g/mol. The van der Waals surface area contributed by atoms with Gasteiger partial charge in [-0.3, -0.25) is 4.79 Å². The van der Waals surface area contributed by atoms with Crippen molar-refractivity contribution in [2.24, 2.45) is 5.16 Å². The summed E-state index contributed by atoms with van der Waals surface area (Å²) in [7, 11) is 0. The summed E-state index contributed by atoms with van der Waals surface area (Å²) in [6.07, 6.45) is 2.59. The number of benzene rings is 2. The van der Waals surface area contributed by atoms with E-state index in [1.165, 1.54) is 0 Å². The highest BCUT2D eigenvalue weighted by Crippen LogP contribution is 2.37. The molecule has 2 aromatic carbocycles. The van der Waals surface area contributed by atoms with Crippen molar-refractivity contribution in [2.75, 3.05) is 19.0 Å². The predicted octanol–water partition coefficient (Wildman–Crippen LogP) is 5.61. The highest BCUT2D eigenvalue weighted by atomic mass is 35.5. The molecule has 0 amide bonds. The topological polar surface area (TPSA) is 88.4 Å². The maximum absolute atomic E-state index is 11.1. The standard InChI is InChI=1S/C23H26ClNO5S/c1-3-5-17-20(8-7-16-19(25-28)13-30-22(16)17)29-10-4-11-31-21-9-6-15(12-18(21)24)14(2)23(26)27/h6-9,12,14,28H,3-5,10-11,13H2,1-2H3,(H,26,27). The van der Waals surface area contributed by atoms with Gasteiger partial charge in [0.1, 0.15) is 23.8 Å². The Balaban J connectivity index is 1.55. The van der Waals surface area contributed by atoms with Gasteiger partial charge in [-0.2, -0.15) is 0 Å². The molecule has 1 aliphatic rings. The fraction of sp³-hybridized carbons (Fsp3) is 0.391. The van der Waals surface area contributed by atoms with Crippen LogP contribution in [0.5, 0.6) is 11.5 Å². The molecule has 0 saturated heterocycles. The average Bonchev–Trinajstić information content (AvgIpc) is 3.18. The quantitative estimate of drug-likeness (QED) is 0.206. The van der Waals surface area contributed by atoms with Crippen LogP contribution in [0.25, 0.3) is 0 Å². The second-order valence-electron chi connectivity index (χ2n) is 7.30. The van der Waals surface area contributed by atoms with E-state index in [2.05, 4.69) is 12.1 Å². The zero-order valence-corrected chi connectivity index (χ0v) is 19.1. The van der Waals surface area contributed by atoms with Crippen molar-refractivity contribution in [1.82, 2.24) is 0 Å². The molecular weight excluding hydrogens is 438 g/mol. The van der Waals surface area contributed by atoms with Gasteiger partial charge < -0.3 is 19.8 Å². The number of nitrogens with zero attached hydrogens (tertiary/aromatic N) is 1. The Morgan fingerprint density at radius 1 is 1.35 bits per heavy atom. The Morgan fingerprint density at radius 2 is 2.16 bits per heavy atom. The minimum atomic E-state index is -0.868. The number of halogens is 1. The van der Waals surface area contributed by atoms with Crippen LogP contribution in [-0.2, 0) is 11.2 Å². The van der Waals surface area contributed by atoms with Crippen molar-refractivity contribution in [1.29, 1.82) is 0 Å². The third-order valence-corrected chi connectivity index (χ3v) is 6.72. The molecule has 8 heteroatoms. The van der Waals surface area contributed by atoms with Crippen LogP contribution in [-0.4, -0.2) is 41.0 Å². The summed E-state index contributed by atoms with van der Waals surface area (Å²) in [5.41, 5.74) is 3.07. The first kappa shape index (κ1) is 23.3. The number of fused-ring (bicyclic) bond motifs is 1. The second kappa shape index (κ2) is 10.8. The number of oxime groups is 1. The van der Waals surface area contributed by atoms with E-state index >= 15 is 0 Å². The lowest BCUT2D eigenvalue weighted by Crippen LogP contribution is -2.07. The molecule has 0 saturated carbocycles. The van der Waals surface area contributed by atoms with Gasteiger partial charge in [-0.1, -0.05) is 36.2 Å². The molecule has 0 aliphatic carbocycles. The first-order chi connectivity index (χ1) is 15.0. The molecule has 2 aromatic rings. The fourth-order valence-corrected chi connectivity index (χ4v) is 4.59. The second-order valence-corrected chi connectivity index (χ2v) is 8.85. The number of carboxylic acid groups (broad SMARTS) is 1. The van der Waals surface area contributed by atoms with E-state index in [9.17, 15) is 4.79 Å². The normalized spacial score (nSPS) is 14.9. The molecule has 1 heterocycles. The highest BCUT2D eigenvalue weighted by Gasteiger charge is 2.25. The number of thioether (sulfide) groups is 1. The van der Waals surface area contributed by atoms with Crippen molar-refractivity contribution < 1.29 is 24.6 Å². The number of rotatable bonds is 10. The molecular formula is C23H26ClNO5S. The predicted molar refractivity (Wildman–Crippen MR) is 123 cm³/mol. The van der Waals surface area contributed by atoms with E-state index in [1.807, 2.05) is 24.3 Å². The first-order valence-corrected chi connectivity index (χ1v) is 11.6. The molecule has 0 spiro atoms. The summed E-state index contributed by atoms with van der Waals surface area (Å²) in [6.45, 7) is 4.57. The minimum Gasteiger partial charge on any atom is -0.493 e. The Morgan fingerprint density at radius 3 is 2.84 bits per heavy atom. The molecule has 2 N–H and O–H groups in total. The molecule has 0 fully saturated rings. The van der Waals surface area contributed by atoms with E-state index in [-0.39, 0.29) is 6.61 Å². The smallest absolute Gasteiger partial charge is 0.310 e. The summed E-state index contributed by atoms with van der Waals surface area (Å²) in [6, 6.07) is 9.20. The lowest BCUT2D eigenvalue weighted by Gasteiger charge is -2.14. The van der Waals surface area contributed by atoms with Crippen molar-refractivity contribution in [2.45, 2.75) is 43.9 Å². The van der Waals surface area contributed by atoms with Crippen LogP contribution in [0.3, 0.4) is 0 Å². The van der Waals surface area contributed by atoms with Crippen molar-refractivity contribution in [3.63, 3.8) is 0 Å². The third-order valence-electron chi connectivity index (χ3n) is 5.13. The van der Waals surface area contributed by atoms with Gasteiger partial charge in [-0.25, -0.2) is 0 Å². The summed E-state index contributed by atoms with van der Waals surface area (Å²) >= 11 is 7.96. The Bertz CT molecular complexity index is 979. The Hall–Kier alpha value is -2.38. The van der Waals surface area contributed by atoms with Crippen LogP contribution in [0.1, 0.15) is 49.3 Å². The van der Waals surface area contributed by atoms with Crippen LogP contribution in [0.2, 0.25) is 5.02 Å². The molecule has 0 bridgehead atoms. The monoisotopic (exact) mass is 463 g/mol. The van der Waals surface area contributed by atoms with Gasteiger partial charge in [0.05, 0.1) is 17.5 Å². The van der Waals surface area contributed by atoms with E-state index in [0.29, 0.717) is 22.9 Å². The molecule has 0 aromatic heterocycles. The van der Waals surface area contributed by atoms with Gasteiger partial charge in [0.25, 0.3) is 0 Å². The number of hydrogen-bond acceptors (Lipinski definition) is 6. The number of aliphatic carboxylic acids is 1. The number of hydrogen-bond donors (Lipinski definition) is 2. The van der Waals surface area contributed by atoms with E-state index in [4.69, 9.17) is 31.4 Å². The number of ether oxygens (including phenoxy) is 2. The zero-order chi connectivity index (χ0) is 22.4. The molecule has 3 rings (SSSR count). The van der Waals surface area contributed by atoms with Gasteiger partial charge in [0.2, 0.25) is 0 Å². The molecule has 31 heavy (non-hydrogen) atoms. The Labute approximate surface area is 191 Å². The van der Waals surface area contributed by atoms with Crippen LogP contribution >= 0.6 is 23.4 Å². The molecule has 1 aliphatic heterocycles. The van der Waals surface area contributed by atoms with Crippen LogP contribution in [0.4, 0.5) is 0 Å². The summed E-state index contributed by atoms with van der Waals surface area (Å²) in [5.74, 6) is 0.921. The zero-order valence-electron chi connectivity index (χ0n) is 17.6. The maximum Gasteiger partial charge on any atom is 0.310 e. The molecule has 1 unspecified atom stereocenters. The van der Waals surface area contributed by atoms with Gasteiger partial charge in [0.15, 0.2) is 0 Å². The molecule has 0 radical (unpaired) electrons. The largest absolute Gasteiger partial charge is 0.493 e. The van der Waals surface area contributed by atoms with E-state index in [0.717, 1.165) is 52.5 Å². The summed E-state index contributed by atoms with van der Waals surface area (Å²) < 4.78 is 11.8. The van der Waals surface area contributed by atoms with Gasteiger partial charge in [-0.15, -0.1) is 11.8 Å². The minimum absolute atomic E-state index is 0.271. The van der Waals surface area contributed by atoms with Crippen LogP contribution in [0.15, 0.2) is 40.4 Å². The van der Waals surface area contributed by atoms with E-state index < -0.39 is 11.9 Å². The van der Waals surface area contributed by atoms with Crippen molar-refractivity contribution in [3.8, 4) is 11.5 Å². The van der Waals surface area contributed by atoms with Crippen LogP contribution in [0, 0.1) is 0 Å². The van der Waals surface area contributed by atoms with E-state index in [1.54, 1.807) is 24.8 Å². The lowest BCUT2D eigenvalue weighted by molar-refractivity contribution is -0.138. The molecule has 166 valence electrons. The summed E-state index contributed by atoms with van der Waals surface area (Å²) in [4.78, 5) is 12.1. The van der Waals surface area contributed by atoms with Gasteiger partial charge in [0, 0.05) is 21.8 Å². The first-order valence-electron chi connectivity index (χ1n) is 10.2. The molecule has 1 atom stereocenters.